The van der Waals surface area contributed by atoms with Crippen LogP contribution in [0.5, 0.6) is 5.75 Å². The van der Waals surface area contributed by atoms with Crippen molar-refractivity contribution in [3.8, 4) is 5.75 Å². The third kappa shape index (κ3) is 2.21. The normalized spacial score (nSPS) is 22.2. The summed E-state index contributed by atoms with van der Waals surface area (Å²) < 4.78 is 0. The van der Waals surface area contributed by atoms with Gasteiger partial charge >= 0.3 is 0 Å². The molecule has 0 aliphatic heterocycles. The van der Waals surface area contributed by atoms with Crippen molar-refractivity contribution >= 4 is 23.0 Å². The van der Waals surface area contributed by atoms with Crippen LogP contribution in [0.1, 0.15) is 6.92 Å². The van der Waals surface area contributed by atoms with Crippen molar-refractivity contribution in [3.05, 3.63) is 35.9 Å². The Morgan fingerprint density at radius 2 is 1.83 bits per heavy atom. The molecule has 1 atom stereocenters. The van der Waals surface area contributed by atoms with Gasteiger partial charge in [0.1, 0.15) is 17.5 Å². The van der Waals surface area contributed by atoms with Crippen molar-refractivity contribution in [1.29, 1.82) is 0 Å². The lowest BCUT2D eigenvalue weighted by Crippen LogP contribution is -2.45. The highest BCUT2D eigenvalue weighted by Crippen LogP contribution is 2.19. The number of aliphatic imine (C=N–C) groups is 1. The maximum atomic E-state index is 11.9. The van der Waals surface area contributed by atoms with Gasteiger partial charge in [-0.25, -0.2) is 4.99 Å². The average Bonchev–Trinajstić information content (AvgIpc) is 2.34. The van der Waals surface area contributed by atoms with E-state index >= 15 is 0 Å². The molecule has 5 heteroatoms. The lowest BCUT2D eigenvalue weighted by atomic mass is 9.92. The second-order valence-corrected chi connectivity index (χ2v) is 4.05. The number of ketones is 2. The predicted molar refractivity (Wildman–Crippen MR) is 66.9 cm³/mol. The number of rotatable bonds is 1. The fourth-order valence-corrected chi connectivity index (χ4v) is 1.63. The van der Waals surface area contributed by atoms with Crippen molar-refractivity contribution in [1.82, 2.24) is 0 Å². The quantitative estimate of drug-likeness (QED) is 0.767. The Morgan fingerprint density at radius 3 is 2.44 bits per heavy atom. The number of carbonyl (C=O) groups is 2. The first-order valence-corrected chi connectivity index (χ1v) is 5.39. The van der Waals surface area contributed by atoms with Crippen LogP contribution < -0.4 is 5.73 Å². The molecular formula is C13H12N2O3. The molecule has 0 fully saturated rings. The number of benzene rings is 1. The summed E-state index contributed by atoms with van der Waals surface area (Å²) in [5.74, 6) is -0.551. The number of aromatic hydroxyl groups is 1. The molecule has 0 saturated heterocycles. The van der Waals surface area contributed by atoms with Crippen LogP contribution in [0.4, 0.5) is 5.69 Å². The van der Waals surface area contributed by atoms with Gasteiger partial charge in [-0.1, -0.05) is 0 Å². The first-order chi connectivity index (χ1) is 8.49. The number of hydrogen-bond acceptors (Lipinski definition) is 5. The van der Waals surface area contributed by atoms with Gasteiger partial charge in [0.2, 0.25) is 5.78 Å². The average molecular weight is 244 g/mol. The minimum atomic E-state index is -1.02. The standard InChI is InChI=1S/C13H12N2O3/c1-7-6-10(17)11(14)12(13(7)18)15-8-2-4-9(16)5-3-8/h2-6,11,16H,14H2,1H3. The summed E-state index contributed by atoms with van der Waals surface area (Å²) >= 11 is 0. The van der Waals surface area contributed by atoms with Gasteiger partial charge in [-0.15, -0.1) is 0 Å². The fourth-order valence-electron chi connectivity index (χ4n) is 1.63. The van der Waals surface area contributed by atoms with E-state index in [1.54, 1.807) is 19.1 Å². The van der Waals surface area contributed by atoms with Crippen LogP contribution in [0.25, 0.3) is 0 Å². The van der Waals surface area contributed by atoms with Crippen molar-refractivity contribution in [2.75, 3.05) is 0 Å². The maximum Gasteiger partial charge on any atom is 0.205 e. The van der Waals surface area contributed by atoms with Crippen LogP contribution in [-0.4, -0.2) is 28.4 Å². The van der Waals surface area contributed by atoms with E-state index in [4.69, 9.17) is 10.8 Å². The lowest BCUT2D eigenvalue weighted by Gasteiger charge is -2.16. The van der Waals surface area contributed by atoms with Gasteiger partial charge in [0, 0.05) is 5.57 Å². The second-order valence-electron chi connectivity index (χ2n) is 4.05. The highest BCUT2D eigenvalue weighted by molar-refractivity contribution is 6.54. The SMILES string of the molecule is CC1=CC(=O)C(N)C(=Nc2ccc(O)cc2)C1=O. The number of phenolic OH excluding ortho intramolecular Hbond substituents is 1. The molecule has 0 aromatic heterocycles. The molecule has 1 aliphatic carbocycles. The van der Waals surface area contributed by atoms with E-state index in [0.717, 1.165) is 0 Å². The van der Waals surface area contributed by atoms with E-state index in [-0.39, 0.29) is 23.0 Å². The number of allylic oxidation sites excluding steroid dienone is 1. The number of nitrogens with two attached hydrogens (primary N) is 1. The van der Waals surface area contributed by atoms with E-state index in [0.29, 0.717) is 11.3 Å². The van der Waals surface area contributed by atoms with Crippen molar-refractivity contribution in [2.45, 2.75) is 13.0 Å². The molecule has 1 aliphatic rings. The topological polar surface area (TPSA) is 92.8 Å². The maximum absolute atomic E-state index is 11.9. The van der Waals surface area contributed by atoms with E-state index < -0.39 is 6.04 Å². The van der Waals surface area contributed by atoms with Gasteiger partial charge in [-0.3, -0.25) is 9.59 Å². The summed E-state index contributed by atoms with van der Waals surface area (Å²) in [7, 11) is 0. The fraction of sp³-hybridized carbons (Fsp3) is 0.154. The summed E-state index contributed by atoms with van der Waals surface area (Å²) in [6, 6.07) is 4.96. The molecule has 18 heavy (non-hydrogen) atoms. The monoisotopic (exact) mass is 244 g/mol. The van der Waals surface area contributed by atoms with Crippen molar-refractivity contribution in [2.24, 2.45) is 10.7 Å². The molecule has 1 aromatic rings. The molecule has 0 amide bonds. The Labute approximate surface area is 104 Å². The Bertz CT molecular complexity index is 570. The third-order valence-electron chi connectivity index (χ3n) is 2.65. The zero-order valence-corrected chi connectivity index (χ0v) is 9.75. The molecule has 92 valence electrons. The molecule has 1 unspecified atom stereocenters. The summed E-state index contributed by atoms with van der Waals surface area (Å²) in [5.41, 5.74) is 6.49. The van der Waals surface area contributed by atoms with Crippen molar-refractivity contribution < 1.29 is 14.7 Å². The molecule has 0 spiro atoms. The molecular weight excluding hydrogens is 232 g/mol. The van der Waals surface area contributed by atoms with Gasteiger partial charge in [0.25, 0.3) is 0 Å². The van der Waals surface area contributed by atoms with E-state index in [9.17, 15) is 9.59 Å². The smallest absolute Gasteiger partial charge is 0.205 e. The zero-order chi connectivity index (χ0) is 13.3. The molecule has 0 saturated carbocycles. The van der Waals surface area contributed by atoms with Crippen LogP contribution in [0.15, 0.2) is 40.9 Å². The molecule has 3 N–H and O–H groups in total. The van der Waals surface area contributed by atoms with E-state index in [1.807, 2.05) is 0 Å². The van der Waals surface area contributed by atoms with Gasteiger partial charge < -0.3 is 10.8 Å². The highest BCUT2D eigenvalue weighted by atomic mass is 16.3. The van der Waals surface area contributed by atoms with Crippen LogP contribution in [0.3, 0.4) is 0 Å². The molecule has 5 nitrogen and oxygen atoms in total. The summed E-state index contributed by atoms with van der Waals surface area (Å²) in [6.07, 6.45) is 1.24. The highest BCUT2D eigenvalue weighted by Gasteiger charge is 2.30. The van der Waals surface area contributed by atoms with Gasteiger partial charge in [-0.05, 0) is 37.3 Å². The minimum absolute atomic E-state index is 0.0330. The van der Waals surface area contributed by atoms with E-state index in [2.05, 4.69) is 4.99 Å². The predicted octanol–water partition coefficient (Wildman–Crippen LogP) is 0.890. The van der Waals surface area contributed by atoms with Crippen LogP contribution in [0.2, 0.25) is 0 Å². The molecule has 0 heterocycles. The number of carbonyl (C=O) groups excluding carboxylic acids is 2. The molecule has 0 bridgehead atoms. The number of phenols is 1. The number of nitrogens with zero attached hydrogens (tertiary/aromatic N) is 1. The summed E-state index contributed by atoms with van der Waals surface area (Å²) in [5, 5.41) is 9.15. The third-order valence-corrected chi connectivity index (χ3v) is 2.65. The summed E-state index contributed by atoms with van der Waals surface area (Å²) in [4.78, 5) is 27.5. The Hall–Kier alpha value is -2.27. The van der Waals surface area contributed by atoms with Gasteiger partial charge in [0.15, 0.2) is 5.78 Å². The van der Waals surface area contributed by atoms with Crippen molar-refractivity contribution in [3.63, 3.8) is 0 Å². The molecule has 2 rings (SSSR count). The van der Waals surface area contributed by atoms with Gasteiger partial charge in [-0.2, -0.15) is 0 Å². The zero-order valence-electron chi connectivity index (χ0n) is 9.75. The Morgan fingerprint density at radius 1 is 1.22 bits per heavy atom. The second kappa shape index (κ2) is 4.54. The number of hydrogen-bond donors (Lipinski definition) is 2. The largest absolute Gasteiger partial charge is 0.508 e. The van der Waals surface area contributed by atoms with E-state index in [1.165, 1.54) is 18.2 Å². The van der Waals surface area contributed by atoms with Gasteiger partial charge in [0.05, 0.1) is 5.69 Å². The first kappa shape index (κ1) is 12.2. The Balaban J connectivity index is 2.43. The van der Waals surface area contributed by atoms with Crippen LogP contribution in [-0.2, 0) is 9.59 Å². The van der Waals surface area contributed by atoms with Crippen LogP contribution >= 0.6 is 0 Å². The lowest BCUT2D eigenvalue weighted by molar-refractivity contribution is -0.117. The Kier molecular flexibility index (Phi) is 3.08. The summed E-state index contributed by atoms with van der Waals surface area (Å²) in [6.45, 7) is 1.55. The van der Waals surface area contributed by atoms with Crippen LogP contribution in [0, 0.1) is 0 Å². The molecule has 1 aromatic carbocycles. The molecule has 0 radical (unpaired) electrons. The number of Topliss-reactive ketones (excluding diaryl/α,β-unsaturated/α-hetero) is 1. The minimum Gasteiger partial charge on any atom is -0.508 e. The first-order valence-electron chi connectivity index (χ1n) is 5.39.